The largest absolute Gasteiger partial charge is 0.453 e. The van der Waals surface area contributed by atoms with Crippen LogP contribution in [-0.2, 0) is 5.41 Å². The van der Waals surface area contributed by atoms with Crippen LogP contribution in [0.5, 0.6) is 11.5 Å². The van der Waals surface area contributed by atoms with Crippen LogP contribution < -0.4 is 9.64 Å². The van der Waals surface area contributed by atoms with E-state index in [2.05, 4.69) is 164 Å². The molecular formula is C45H31NO. The van der Waals surface area contributed by atoms with Gasteiger partial charge in [0, 0.05) is 11.1 Å². The van der Waals surface area contributed by atoms with Crippen molar-refractivity contribution < 1.29 is 4.74 Å². The van der Waals surface area contributed by atoms with E-state index < -0.39 is 0 Å². The summed E-state index contributed by atoms with van der Waals surface area (Å²) in [6, 6.07) is 55.1. The molecule has 0 amide bonds. The second-order valence-electron chi connectivity index (χ2n) is 13.3. The Kier molecular flexibility index (Phi) is 5.37. The van der Waals surface area contributed by atoms with E-state index in [9.17, 15) is 0 Å². The summed E-state index contributed by atoms with van der Waals surface area (Å²) in [6.07, 6.45) is 0. The van der Waals surface area contributed by atoms with Crippen molar-refractivity contribution in [2.45, 2.75) is 19.3 Å². The van der Waals surface area contributed by atoms with Gasteiger partial charge in [0.15, 0.2) is 11.5 Å². The van der Waals surface area contributed by atoms with E-state index in [-0.39, 0.29) is 5.41 Å². The van der Waals surface area contributed by atoms with Gasteiger partial charge in [-0.3, -0.25) is 0 Å². The van der Waals surface area contributed by atoms with Crippen molar-refractivity contribution in [3.05, 3.63) is 163 Å². The summed E-state index contributed by atoms with van der Waals surface area (Å²) >= 11 is 0. The molecule has 0 saturated carbocycles. The Hall–Kier alpha value is -5.86. The number of ether oxygens (including phenoxy) is 1. The molecule has 0 bridgehead atoms. The fraction of sp³-hybridized carbons (Fsp3) is 0.0667. The fourth-order valence-corrected chi connectivity index (χ4v) is 8.13. The first-order valence-corrected chi connectivity index (χ1v) is 16.4. The van der Waals surface area contributed by atoms with Crippen LogP contribution >= 0.6 is 0 Å². The number of fused-ring (bicyclic) bond motifs is 11. The van der Waals surface area contributed by atoms with Gasteiger partial charge in [0.25, 0.3) is 0 Å². The van der Waals surface area contributed by atoms with Crippen LogP contribution in [0.3, 0.4) is 0 Å². The van der Waals surface area contributed by atoms with Gasteiger partial charge in [0.2, 0.25) is 0 Å². The van der Waals surface area contributed by atoms with Gasteiger partial charge in [-0.25, -0.2) is 0 Å². The fourth-order valence-electron chi connectivity index (χ4n) is 8.13. The lowest BCUT2D eigenvalue weighted by Crippen LogP contribution is -2.18. The summed E-state index contributed by atoms with van der Waals surface area (Å²) in [6.45, 7) is 4.68. The van der Waals surface area contributed by atoms with Crippen molar-refractivity contribution in [1.82, 2.24) is 0 Å². The van der Waals surface area contributed by atoms with Crippen molar-refractivity contribution in [1.29, 1.82) is 0 Å². The number of benzene rings is 8. The normalized spacial score (nSPS) is 14.0. The number of hydrogen-bond acceptors (Lipinski definition) is 2. The van der Waals surface area contributed by atoms with E-state index in [4.69, 9.17) is 4.74 Å². The standard InChI is InChI=1S/C45H31NO/c1-45(2)39-16-8-7-15-36(39)37-23-21-30(27-40(37)45)46-41-17-9-10-18-43(41)47-44-26-29(20-24-42(44)46)28-19-22-35-33-13-4-3-11-31(33)32-12-5-6-14-34(32)38(35)25-28/h3-27H,1-2H3. The lowest BCUT2D eigenvalue weighted by molar-refractivity contribution is 0.477. The first-order valence-electron chi connectivity index (χ1n) is 16.4. The van der Waals surface area contributed by atoms with E-state index in [1.165, 1.54) is 60.1 Å². The van der Waals surface area contributed by atoms with Crippen LogP contribution in [-0.4, -0.2) is 0 Å². The minimum Gasteiger partial charge on any atom is -0.453 e. The lowest BCUT2D eigenvalue weighted by Gasteiger charge is -2.34. The highest BCUT2D eigenvalue weighted by Gasteiger charge is 2.36. The molecule has 0 radical (unpaired) electrons. The second kappa shape index (κ2) is 9.57. The van der Waals surface area contributed by atoms with Crippen LogP contribution in [0.25, 0.3) is 54.6 Å². The molecule has 2 aliphatic rings. The minimum absolute atomic E-state index is 0.0774. The third-order valence-electron chi connectivity index (χ3n) is 10.4. The predicted octanol–water partition coefficient (Wildman–Crippen LogP) is 12.7. The number of para-hydroxylation sites is 2. The average Bonchev–Trinajstić information content (AvgIpc) is 3.35. The summed E-state index contributed by atoms with van der Waals surface area (Å²) in [5, 5.41) is 7.69. The van der Waals surface area contributed by atoms with Crippen LogP contribution in [0.2, 0.25) is 0 Å². The predicted molar refractivity (Wildman–Crippen MR) is 197 cm³/mol. The summed E-state index contributed by atoms with van der Waals surface area (Å²) in [5.41, 5.74) is 10.9. The third-order valence-corrected chi connectivity index (χ3v) is 10.4. The zero-order valence-electron chi connectivity index (χ0n) is 26.3. The number of nitrogens with zero attached hydrogens (tertiary/aromatic N) is 1. The Labute approximate surface area is 274 Å². The van der Waals surface area contributed by atoms with E-state index >= 15 is 0 Å². The topological polar surface area (TPSA) is 12.5 Å². The van der Waals surface area contributed by atoms with Crippen molar-refractivity contribution in [3.8, 4) is 33.8 Å². The molecule has 0 saturated heterocycles. The van der Waals surface area contributed by atoms with Crippen LogP contribution in [0, 0.1) is 0 Å². The van der Waals surface area contributed by atoms with Crippen molar-refractivity contribution in [3.63, 3.8) is 0 Å². The van der Waals surface area contributed by atoms with E-state index in [0.29, 0.717) is 0 Å². The summed E-state index contributed by atoms with van der Waals surface area (Å²) in [4.78, 5) is 2.36. The molecule has 10 rings (SSSR count). The van der Waals surface area contributed by atoms with Gasteiger partial charge in [0.05, 0.1) is 11.4 Å². The second-order valence-corrected chi connectivity index (χ2v) is 13.3. The monoisotopic (exact) mass is 601 g/mol. The summed E-state index contributed by atoms with van der Waals surface area (Å²) in [7, 11) is 0. The zero-order valence-corrected chi connectivity index (χ0v) is 26.3. The third kappa shape index (κ3) is 3.73. The van der Waals surface area contributed by atoms with Gasteiger partial charge in [-0.15, -0.1) is 0 Å². The smallest absolute Gasteiger partial charge is 0.152 e. The first kappa shape index (κ1) is 26.4. The molecule has 1 heterocycles. The molecule has 0 fully saturated rings. The number of hydrogen-bond donors (Lipinski definition) is 0. The molecule has 8 aromatic carbocycles. The van der Waals surface area contributed by atoms with Crippen LogP contribution in [0.15, 0.2) is 152 Å². The molecule has 0 atom stereocenters. The van der Waals surface area contributed by atoms with Crippen LogP contribution in [0.4, 0.5) is 17.1 Å². The molecular weight excluding hydrogens is 571 g/mol. The van der Waals surface area contributed by atoms with Crippen molar-refractivity contribution in [2.75, 3.05) is 4.90 Å². The highest BCUT2D eigenvalue weighted by Crippen LogP contribution is 2.54. The maximum Gasteiger partial charge on any atom is 0.152 e. The Morgan fingerprint density at radius 2 is 1.00 bits per heavy atom. The lowest BCUT2D eigenvalue weighted by atomic mass is 9.82. The van der Waals surface area contributed by atoms with Gasteiger partial charge >= 0.3 is 0 Å². The quantitative estimate of drug-likeness (QED) is 0.183. The SMILES string of the molecule is CC1(C)c2ccccc2-c2ccc(N3c4ccccc4Oc4cc(-c5ccc6c7ccccc7c7ccccc7c6c5)ccc43)cc21. The maximum atomic E-state index is 6.65. The molecule has 1 aliphatic heterocycles. The van der Waals surface area contributed by atoms with Gasteiger partial charge in [-0.1, -0.05) is 123 Å². The maximum absolute atomic E-state index is 6.65. The Morgan fingerprint density at radius 3 is 1.79 bits per heavy atom. The number of rotatable bonds is 2. The average molecular weight is 602 g/mol. The van der Waals surface area contributed by atoms with Crippen molar-refractivity contribution >= 4 is 49.4 Å². The van der Waals surface area contributed by atoms with Gasteiger partial charge < -0.3 is 9.64 Å². The molecule has 2 heteroatoms. The van der Waals surface area contributed by atoms with Crippen LogP contribution in [0.1, 0.15) is 25.0 Å². The molecule has 222 valence electrons. The first-order chi connectivity index (χ1) is 23.1. The molecule has 0 unspecified atom stereocenters. The van der Waals surface area contributed by atoms with E-state index in [1.807, 2.05) is 6.07 Å². The molecule has 8 aromatic rings. The van der Waals surface area contributed by atoms with E-state index in [0.717, 1.165) is 34.1 Å². The molecule has 0 N–H and O–H groups in total. The molecule has 47 heavy (non-hydrogen) atoms. The Balaban J connectivity index is 1.13. The van der Waals surface area contributed by atoms with Gasteiger partial charge in [0.1, 0.15) is 0 Å². The van der Waals surface area contributed by atoms with Gasteiger partial charge in [-0.2, -0.15) is 0 Å². The summed E-state index contributed by atoms with van der Waals surface area (Å²) < 4.78 is 6.65. The van der Waals surface area contributed by atoms with Gasteiger partial charge in [-0.05, 0) is 108 Å². The Morgan fingerprint density at radius 1 is 0.426 bits per heavy atom. The minimum atomic E-state index is -0.0774. The molecule has 0 spiro atoms. The summed E-state index contributed by atoms with van der Waals surface area (Å²) in [5.74, 6) is 1.71. The highest BCUT2D eigenvalue weighted by atomic mass is 16.5. The zero-order chi connectivity index (χ0) is 31.3. The highest BCUT2D eigenvalue weighted by molar-refractivity contribution is 6.25. The molecule has 0 aromatic heterocycles. The van der Waals surface area contributed by atoms with Crippen molar-refractivity contribution in [2.24, 2.45) is 0 Å². The van der Waals surface area contributed by atoms with E-state index in [1.54, 1.807) is 0 Å². The number of anilines is 3. The molecule has 1 aliphatic carbocycles. The molecule has 2 nitrogen and oxygen atoms in total. The Bertz CT molecular complexity index is 2560.